The van der Waals surface area contributed by atoms with Crippen molar-refractivity contribution in [3.05, 3.63) is 20.2 Å². The fourth-order valence-corrected chi connectivity index (χ4v) is 1.14. The van der Waals surface area contributed by atoms with Gasteiger partial charge in [0.05, 0.1) is 23.2 Å². The molecule has 0 unspecified atom stereocenters. The molecular formula is C8H16N2O4. The minimum Gasteiger partial charge on any atom is -0.258 e. The molecule has 0 heterocycles. The van der Waals surface area contributed by atoms with Gasteiger partial charge < -0.3 is 0 Å². The van der Waals surface area contributed by atoms with Crippen LogP contribution in [0.25, 0.3) is 0 Å². The second-order valence-corrected chi connectivity index (χ2v) is 3.54. The third kappa shape index (κ3) is 3.27. The van der Waals surface area contributed by atoms with E-state index in [2.05, 4.69) is 0 Å². The van der Waals surface area contributed by atoms with Crippen LogP contribution in [-0.2, 0) is 0 Å². The summed E-state index contributed by atoms with van der Waals surface area (Å²) in [4.78, 5) is 19.4. The average Bonchev–Trinajstić information content (AvgIpc) is 2.11. The number of hydrogen-bond donors (Lipinski definition) is 0. The van der Waals surface area contributed by atoms with Gasteiger partial charge in [0.2, 0.25) is 0 Å². The zero-order valence-electron chi connectivity index (χ0n) is 8.56. The molecule has 0 N–H and O–H groups in total. The zero-order valence-corrected chi connectivity index (χ0v) is 8.56. The van der Waals surface area contributed by atoms with E-state index in [1.54, 1.807) is 0 Å². The van der Waals surface area contributed by atoms with Crippen LogP contribution < -0.4 is 0 Å². The van der Waals surface area contributed by atoms with Gasteiger partial charge in [0.15, 0.2) is 0 Å². The van der Waals surface area contributed by atoms with Crippen LogP contribution in [0, 0.1) is 20.2 Å². The maximum Gasteiger partial charge on any atom is 0.455 e. The third-order valence-corrected chi connectivity index (χ3v) is 2.29. The Labute approximate surface area is 82.6 Å². The van der Waals surface area contributed by atoms with E-state index in [4.69, 9.17) is 0 Å². The molecule has 0 saturated carbocycles. The van der Waals surface area contributed by atoms with Crippen molar-refractivity contribution >= 4 is 0 Å². The lowest BCUT2D eigenvalue weighted by Crippen LogP contribution is -2.42. The molecule has 0 aromatic carbocycles. The lowest BCUT2D eigenvalue weighted by Gasteiger charge is -2.11. The predicted molar refractivity (Wildman–Crippen MR) is 51.2 cm³/mol. The summed E-state index contributed by atoms with van der Waals surface area (Å²) in [7, 11) is 0. The molecule has 0 aromatic rings. The zero-order chi connectivity index (χ0) is 11.2. The third-order valence-electron chi connectivity index (χ3n) is 2.29. The quantitative estimate of drug-likeness (QED) is 0.275. The van der Waals surface area contributed by atoms with Gasteiger partial charge in [-0.2, -0.15) is 0 Å². The van der Waals surface area contributed by atoms with Gasteiger partial charge in [-0.15, -0.1) is 0 Å². The summed E-state index contributed by atoms with van der Waals surface area (Å²) in [6, 6.07) is 0. The van der Waals surface area contributed by atoms with Crippen LogP contribution in [0.2, 0.25) is 0 Å². The van der Waals surface area contributed by atoms with Crippen LogP contribution in [0.1, 0.15) is 46.0 Å². The van der Waals surface area contributed by atoms with Crippen molar-refractivity contribution in [1.29, 1.82) is 0 Å². The fourth-order valence-electron chi connectivity index (χ4n) is 1.14. The van der Waals surface area contributed by atoms with Crippen molar-refractivity contribution < 1.29 is 9.85 Å². The number of unbranched alkanes of at least 4 members (excludes halogenated alkanes) is 3. The summed E-state index contributed by atoms with van der Waals surface area (Å²) in [5.41, 5.74) is -2.01. The molecule has 6 heteroatoms. The minimum absolute atomic E-state index is 0.00694. The van der Waals surface area contributed by atoms with Crippen molar-refractivity contribution in [1.82, 2.24) is 0 Å². The second-order valence-electron chi connectivity index (χ2n) is 3.54. The Morgan fingerprint density at radius 2 is 1.57 bits per heavy atom. The van der Waals surface area contributed by atoms with E-state index in [0.29, 0.717) is 6.42 Å². The summed E-state index contributed by atoms with van der Waals surface area (Å²) in [6.07, 6.45) is 3.33. The Bertz CT molecular complexity index is 203. The highest BCUT2D eigenvalue weighted by molar-refractivity contribution is 4.60. The Balaban J connectivity index is 4.12. The van der Waals surface area contributed by atoms with Gasteiger partial charge in [-0.1, -0.05) is 26.2 Å². The van der Waals surface area contributed by atoms with E-state index in [1.807, 2.05) is 6.92 Å². The first-order chi connectivity index (χ1) is 6.45. The van der Waals surface area contributed by atoms with Crippen LogP contribution in [0.5, 0.6) is 0 Å². The molecule has 0 bridgehead atoms. The average molecular weight is 204 g/mol. The van der Waals surface area contributed by atoms with E-state index in [-0.39, 0.29) is 6.42 Å². The van der Waals surface area contributed by atoms with E-state index >= 15 is 0 Å². The molecule has 0 amide bonds. The molecule has 0 radical (unpaired) electrons. The maximum atomic E-state index is 10.5. The van der Waals surface area contributed by atoms with E-state index in [1.165, 1.54) is 0 Å². The molecule has 0 atom stereocenters. The Morgan fingerprint density at radius 1 is 1.07 bits per heavy atom. The summed E-state index contributed by atoms with van der Waals surface area (Å²) >= 11 is 0. The first-order valence-corrected chi connectivity index (χ1v) is 4.74. The van der Waals surface area contributed by atoms with Crippen LogP contribution >= 0.6 is 0 Å². The number of hydrogen-bond acceptors (Lipinski definition) is 4. The van der Waals surface area contributed by atoms with Crippen LogP contribution in [0.15, 0.2) is 0 Å². The molecule has 6 nitrogen and oxygen atoms in total. The lowest BCUT2D eigenvalue weighted by atomic mass is 10.0. The highest BCUT2D eigenvalue weighted by Crippen LogP contribution is 2.19. The SMILES string of the molecule is CCCCCCC(C)([N+](=O)[O-])[N+](=O)[O-]. The molecule has 0 saturated heterocycles. The van der Waals surface area contributed by atoms with E-state index in [9.17, 15) is 20.2 Å². The molecular weight excluding hydrogens is 188 g/mol. The molecule has 0 aliphatic rings. The van der Waals surface area contributed by atoms with E-state index in [0.717, 1.165) is 26.2 Å². The normalized spacial score (nSPS) is 11.3. The highest BCUT2D eigenvalue weighted by atomic mass is 16.7. The second kappa shape index (κ2) is 5.51. The maximum absolute atomic E-state index is 10.5. The van der Waals surface area contributed by atoms with Gasteiger partial charge in [-0.05, 0) is 6.42 Å². The van der Waals surface area contributed by atoms with Crippen molar-refractivity contribution in [2.75, 3.05) is 0 Å². The van der Waals surface area contributed by atoms with Gasteiger partial charge in [0.1, 0.15) is 0 Å². The smallest absolute Gasteiger partial charge is 0.258 e. The van der Waals surface area contributed by atoms with Crippen LogP contribution in [-0.4, -0.2) is 15.5 Å². The number of nitrogens with zero attached hydrogens (tertiary/aromatic N) is 2. The molecule has 0 spiro atoms. The number of rotatable bonds is 7. The summed E-state index contributed by atoms with van der Waals surface area (Å²) in [5.74, 6) is 0. The molecule has 0 rings (SSSR count). The van der Waals surface area contributed by atoms with Gasteiger partial charge in [-0.25, -0.2) is 0 Å². The van der Waals surface area contributed by atoms with Gasteiger partial charge in [0, 0.05) is 0 Å². The molecule has 0 fully saturated rings. The predicted octanol–water partition coefficient (Wildman–Crippen LogP) is 2.23. The molecule has 0 aromatic heterocycles. The van der Waals surface area contributed by atoms with E-state index < -0.39 is 15.5 Å². The summed E-state index contributed by atoms with van der Waals surface area (Å²) in [6.45, 7) is 3.08. The first-order valence-electron chi connectivity index (χ1n) is 4.74. The largest absolute Gasteiger partial charge is 0.455 e. The van der Waals surface area contributed by atoms with Gasteiger partial charge in [0.25, 0.3) is 0 Å². The fraction of sp³-hybridized carbons (Fsp3) is 1.00. The summed E-state index contributed by atoms with van der Waals surface area (Å²) in [5, 5.41) is 21.0. The monoisotopic (exact) mass is 204 g/mol. The Morgan fingerprint density at radius 3 is 1.93 bits per heavy atom. The van der Waals surface area contributed by atoms with Crippen molar-refractivity contribution in [3.8, 4) is 0 Å². The standard InChI is InChI=1S/C8H16N2O4/c1-3-4-5-6-7-8(2,9(11)12)10(13)14/h3-7H2,1-2H3. The molecule has 0 aliphatic heterocycles. The Kier molecular flexibility index (Phi) is 5.04. The van der Waals surface area contributed by atoms with Crippen molar-refractivity contribution in [2.24, 2.45) is 0 Å². The van der Waals surface area contributed by atoms with Crippen LogP contribution in [0.3, 0.4) is 0 Å². The lowest BCUT2D eigenvalue weighted by molar-refractivity contribution is -0.793. The first kappa shape index (κ1) is 12.8. The Hall–Kier alpha value is -1.20. The molecule has 82 valence electrons. The van der Waals surface area contributed by atoms with Gasteiger partial charge in [-0.3, -0.25) is 20.2 Å². The van der Waals surface area contributed by atoms with Gasteiger partial charge >= 0.3 is 5.66 Å². The molecule has 14 heavy (non-hydrogen) atoms. The minimum atomic E-state index is -2.01. The summed E-state index contributed by atoms with van der Waals surface area (Å²) < 4.78 is 0. The van der Waals surface area contributed by atoms with Crippen molar-refractivity contribution in [3.63, 3.8) is 0 Å². The topological polar surface area (TPSA) is 86.3 Å². The van der Waals surface area contributed by atoms with Crippen molar-refractivity contribution in [2.45, 2.75) is 51.6 Å². The number of nitro groups is 2. The molecule has 0 aliphatic carbocycles. The van der Waals surface area contributed by atoms with Crippen LogP contribution in [0.4, 0.5) is 0 Å². The highest BCUT2D eigenvalue weighted by Gasteiger charge is 2.49.